The number of hydrogen-bond acceptors (Lipinski definition) is 6. The summed E-state index contributed by atoms with van der Waals surface area (Å²) in [7, 11) is 0. The van der Waals surface area contributed by atoms with Gasteiger partial charge in [-0.2, -0.15) is 14.4 Å². The van der Waals surface area contributed by atoms with Crippen LogP contribution in [0.5, 0.6) is 0 Å². The molecule has 162 valence electrons. The lowest BCUT2D eigenvalue weighted by molar-refractivity contribution is -0.124. The molecule has 0 radical (unpaired) electrons. The second-order valence-electron chi connectivity index (χ2n) is 7.88. The van der Waals surface area contributed by atoms with Crippen molar-refractivity contribution in [2.75, 3.05) is 12.3 Å². The van der Waals surface area contributed by atoms with Gasteiger partial charge in [0.05, 0.1) is 0 Å². The van der Waals surface area contributed by atoms with Crippen LogP contribution in [0.3, 0.4) is 0 Å². The minimum Gasteiger partial charge on any atom is -0.382 e. The molecular formula is C21H22FIN6O2. The maximum absolute atomic E-state index is 13.9. The molecule has 31 heavy (non-hydrogen) atoms. The molecule has 0 unspecified atom stereocenters. The molecular weight excluding hydrogens is 514 g/mol. The van der Waals surface area contributed by atoms with Gasteiger partial charge in [-0.05, 0) is 52.3 Å². The van der Waals surface area contributed by atoms with E-state index in [1.165, 1.54) is 0 Å². The zero-order valence-corrected chi connectivity index (χ0v) is 19.4. The Balaban J connectivity index is 1.72. The standard InChI is InChI=1S/C21H22FIN6O2/c1-10(2)20(31)25-5-6-29-16(26-17-18(24)27-21(22)28-19(17)29)9-12-7-13-11(8-14(12)23)3-4-15(13)30/h7-8,10H,3-6,9H2,1-2H3,(H,25,31)(H2,24,27,28). The molecule has 10 heteroatoms. The molecule has 0 bridgehead atoms. The van der Waals surface area contributed by atoms with Crippen LogP contribution in [0.2, 0.25) is 0 Å². The molecule has 4 rings (SSSR count). The fourth-order valence-corrected chi connectivity index (χ4v) is 4.44. The molecule has 3 N–H and O–H groups in total. The molecule has 0 saturated heterocycles. The Hall–Kier alpha value is -2.63. The molecule has 0 atom stereocenters. The second-order valence-corrected chi connectivity index (χ2v) is 9.04. The van der Waals surface area contributed by atoms with Crippen molar-refractivity contribution in [3.05, 3.63) is 44.3 Å². The summed E-state index contributed by atoms with van der Waals surface area (Å²) in [5, 5.41) is 2.85. The Bertz CT molecular complexity index is 1210. The topological polar surface area (TPSA) is 116 Å². The summed E-state index contributed by atoms with van der Waals surface area (Å²) in [6.45, 7) is 4.31. The van der Waals surface area contributed by atoms with E-state index in [0.717, 1.165) is 26.7 Å². The third-order valence-corrected chi connectivity index (χ3v) is 6.38. The zero-order chi connectivity index (χ0) is 22.3. The predicted octanol–water partition coefficient (Wildman–Crippen LogP) is 2.64. The van der Waals surface area contributed by atoms with Gasteiger partial charge in [0.1, 0.15) is 5.82 Å². The van der Waals surface area contributed by atoms with Gasteiger partial charge in [0, 0.05) is 41.0 Å². The van der Waals surface area contributed by atoms with E-state index in [0.29, 0.717) is 37.3 Å². The van der Waals surface area contributed by atoms with Crippen LogP contribution >= 0.6 is 22.6 Å². The number of nitrogens with zero attached hydrogens (tertiary/aromatic N) is 4. The highest BCUT2D eigenvalue weighted by atomic mass is 127. The lowest BCUT2D eigenvalue weighted by Crippen LogP contribution is -2.31. The maximum atomic E-state index is 13.9. The van der Waals surface area contributed by atoms with Gasteiger partial charge in [-0.3, -0.25) is 9.59 Å². The highest BCUT2D eigenvalue weighted by Crippen LogP contribution is 2.29. The van der Waals surface area contributed by atoms with Crippen LogP contribution in [0.15, 0.2) is 12.1 Å². The van der Waals surface area contributed by atoms with E-state index in [4.69, 9.17) is 5.73 Å². The highest BCUT2D eigenvalue weighted by molar-refractivity contribution is 14.1. The Kier molecular flexibility index (Phi) is 5.91. The number of ketones is 1. The third-order valence-electron chi connectivity index (χ3n) is 5.38. The van der Waals surface area contributed by atoms with Gasteiger partial charge >= 0.3 is 6.08 Å². The van der Waals surface area contributed by atoms with Crippen LogP contribution in [0, 0.1) is 15.6 Å². The van der Waals surface area contributed by atoms with Crippen molar-refractivity contribution >= 4 is 51.3 Å². The van der Waals surface area contributed by atoms with Crippen molar-refractivity contribution in [1.29, 1.82) is 0 Å². The Morgan fingerprint density at radius 1 is 1.29 bits per heavy atom. The number of fused-ring (bicyclic) bond motifs is 2. The van der Waals surface area contributed by atoms with E-state index >= 15 is 0 Å². The van der Waals surface area contributed by atoms with Gasteiger partial charge < -0.3 is 15.6 Å². The van der Waals surface area contributed by atoms with Crippen LogP contribution in [0.4, 0.5) is 10.2 Å². The van der Waals surface area contributed by atoms with E-state index in [1.807, 2.05) is 26.0 Å². The number of anilines is 1. The summed E-state index contributed by atoms with van der Waals surface area (Å²) in [6, 6.07) is 3.96. The van der Waals surface area contributed by atoms with Crippen LogP contribution in [0.1, 0.15) is 47.6 Å². The average Bonchev–Trinajstić information content (AvgIpc) is 3.23. The number of aromatic nitrogens is 4. The fourth-order valence-electron chi connectivity index (χ4n) is 3.72. The number of benzene rings is 1. The Morgan fingerprint density at radius 3 is 2.81 bits per heavy atom. The Labute approximate surface area is 192 Å². The van der Waals surface area contributed by atoms with Crippen molar-refractivity contribution in [3.8, 4) is 0 Å². The third kappa shape index (κ3) is 4.25. The van der Waals surface area contributed by atoms with E-state index in [-0.39, 0.29) is 29.1 Å². The van der Waals surface area contributed by atoms with E-state index in [1.54, 1.807) is 4.57 Å². The first-order chi connectivity index (χ1) is 14.7. The summed E-state index contributed by atoms with van der Waals surface area (Å²) in [5.41, 5.74) is 9.27. The lowest BCUT2D eigenvalue weighted by Gasteiger charge is -2.12. The van der Waals surface area contributed by atoms with Crippen LogP contribution < -0.4 is 11.1 Å². The zero-order valence-electron chi connectivity index (χ0n) is 17.2. The molecule has 0 aliphatic heterocycles. The number of carbonyl (C=O) groups is 2. The molecule has 1 aliphatic carbocycles. The SMILES string of the molecule is CC(C)C(=O)NCCn1c(Cc2cc3c(cc2I)CCC3=O)nc2c(N)nc(F)nc21. The van der Waals surface area contributed by atoms with Gasteiger partial charge in [-0.15, -0.1) is 0 Å². The predicted molar refractivity (Wildman–Crippen MR) is 122 cm³/mol. The number of nitrogens with two attached hydrogens (primary N) is 1. The van der Waals surface area contributed by atoms with Crippen LogP contribution in [-0.2, 0) is 24.2 Å². The number of halogens is 2. The Morgan fingerprint density at radius 2 is 2.06 bits per heavy atom. The summed E-state index contributed by atoms with van der Waals surface area (Å²) in [6.07, 6.45) is 0.786. The fraction of sp³-hybridized carbons (Fsp3) is 0.381. The lowest BCUT2D eigenvalue weighted by atomic mass is 10.0. The van der Waals surface area contributed by atoms with Crippen molar-refractivity contribution in [2.24, 2.45) is 5.92 Å². The molecule has 0 spiro atoms. The molecule has 1 aliphatic rings. The minimum absolute atomic E-state index is 0.0347. The molecule has 0 saturated carbocycles. The average molecular weight is 536 g/mol. The first kappa shape index (κ1) is 21.6. The second kappa shape index (κ2) is 8.48. The molecule has 2 aromatic heterocycles. The number of aryl methyl sites for hydroxylation is 1. The summed E-state index contributed by atoms with van der Waals surface area (Å²) >= 11 is 2.26. The molecule has 0 fully saturated rings. The van der Waals surface area contributed by atoms with Gasteiger partial charge in [-0.1, -0.05) is 13.8 Å². The monoisotopic (exact) mass is 536 g/mol. The van der Waals surface area contributed by atoms with E-state index < -0.39 is 6.08 Å². The number of amides is 1. The molecule has 8 nitrogen and oxygen atoms in total. The highest BCUT2D eigenvalue weighted by Gasteiger charge is 2.23. The van der Waals surface area contributed by atoms with E-state index in [2.05, 4.69) is 42.9 Å². The first-order valence-corrected chi connectivity index (χ1v) is 11.1. The maximum Gasteiger partial charge on any atom is 0.312 e. The molecule has 1 aromatic carbocycles. The van der Waals surface area contributed by atoms with E-state index in [9.17, 15) is 14.0 Å². The largest absolute Gasteiger partial charge is 0.382 e. The number of nitrogen functional groups attached to an aromatic ring is 1. The number of carbonyl (C=O) groups excluding carboxylic acids is 2. The summed E-state index contributed by atoms with van der Waals surface area (Å²) in [4.78, 5) is 36.2. The van der Waals surface area contributed by atoms with Gasteiger partial charge in [0.15, 0.2) is 22.8 Å². The summed E-state index contributed by atoms with van der Waals surface area (Å²) in [5.74, 6) is 0.518. The number of imidazole rings is 1. The molecule has 3 aromatic rings. The number of rotatable bonds is 6. The smallest absolute Gasteiger partial charge is 0.312 e. The van der Waals surface area contributed by atoms with Gasteiger partial charge in [0.2, 0.25) is 5.91 Å². The number of Topliss-reactive ketones (excluding diaryl/α,β-unsaturated/α-hetero) is 1. The first-order valence-electron chi connectivity index (χ1n) is 10.0. The minimum atomic E-state index is -0.929. The van der Waals surface area contributed by atoms with Gasteiger partial charge in [-0.25, -0.2) is 4.98 Å². The van der Waals surface area contributed by atoms with Crippen molar-refractivity contribution in [2.45, 2.75) is 39.7 Å². The van der Waals surface area contributed by atoms with Crippen molar-refractivity contribution in [3.63, 3.8) is 0 Å². The van der Waals surface area contributed by atoms with Crippen LogP contribution in [-0.4, -0.2) is 37.8 Å². The normalized spacial score (nSPS) is 13.3. The number of hydrogen-bond donors (Lipinski definition) is 2. The van der Waals surface area contributed by atoms with Crippen LogP contribution in [0.25, 0.3) is 11.2 Å². The van der Waals surface area contributed by atoms with Crippen molar-refractivity contribution in [1.82, 2.24) is 24.8 Å². The number of nitrogens with one attached hydrogen (secondary N) is 1. The molecule has 2 heterocycles. The quantitative estimate of drug-likeness (QED) is 0.370. The summed E-state index contributed by atoms with van der Waals surface area (Å²) < 4.78 is 16.7. The molecule has 1 amide bonds. The van der Waals surface area contributed by atoms with Crippen molar-refractivity contribution < 1.29 is 14.0 Å². The van der Waals surface area contributed by atoms with Gasteiger partial charge in [0.25, 0.3) is 0 Å².